The molecule has 4 rings (SSSR count). The van der Waals surface area contributed by atoms with Crippen molar-refractivity contribution < 1.29 is 56.5 Å². The van der Waals surface area contributed by atoms with E-state index in [4.69, 9.17) is 27.6 Å². The second-order valence-electron chi connectivity index (χ2n) is 10.8. The van der Waals surface area contributed by atoms with Gasteiger partial charge >= 0.3 is 37.8 Å². The van der Waals surface area contributed by atoms with Gasteiger partial charge in [-0.2, -0.15) is 0 Å². The smallest absolute Gasteiger partial charge is 0.378 e. The van der Waals surface area contributed by atoms with E-state index in [0.717, 1.165) is 0 Å². The molecule has 0 saturated heterocycles. The molecule has 0 unspecified atom stereocenters. The van der Waals surface area contributed by atoms with Crippen molar-refractivity contribution in [2.75, 3.05) is 13.2 Å². The van der Waals surface area contributed by atoms with Crippen LogP contribution in [0.1, 0.15) is 36.1 Å². The van der Waals surface area contributed by atoms with Crippen LogP contribution in [-0.2, 0) is 72.7 Å². The third-order valence-corrected chi connectivity index (χ3v) is 12.0. The van der Waals surface area contributed by atoms with Gasteiger partial charge in [-0.25, -0.2) is 9.59 Å². The van der Waals surface area contributed by atoms with Gasteiger partial charge in [-0.1, -0.05) is 121 Å². The van der Waals surface area contributed by atoms with Crippen LogP contribution in [0.4, 0.5) is 0 Å². The molecule has 4 aromatic carbocycles. The van der Waals surface area contributed by atoms with E-state index in [1.165, 1.54) is 13.8 Å². The molecular weight excluding hydrogens is 686 g/mol. The Morgan fingerprint density at radius 1 is 0.480 bits per heavy atom. The minimum absolute atomic E-state index is 0.408. The van der Waals surface area contributed by atoms with E-state index in [9.17, 15) is 19.8 Å². The van der Waals surface area contributed by atoms with E-state index in [0.29, 0.717) is 22.3 Å². The number of ether oxygens (including phenoxy) is 2. The molecule has 14 heteroatoms. The third kappa shape index (κ3) is 8.66. The van der Waals surface area contributed by atoms with Crippen LogP contribution in [0.5, 0.6) is 0 Å². The minimum atomic E-state index is -5.65. The zero-order valence-corrected chi connectivity index (χ0v) is 29.4. The number of hydrogen-bond donors (Lipinski definition) is 2. The molecule has 0 bridgehead atoms. The predicted molar refractivity (Wildman–Crippen MR) is 183 cm³/mol. The average Bonchev–Trinajstić information content (AvgIpc) is 3.15. The normalized spacial score (nSPS) is 14.2. The van der Waals surface area contributed by atoms with E-state index < -0.39 is 77.5 Å². The number of carbonyl (C=O) groups is 2. The molecule has 0 heterocycles. The molecule has 2 atom stereocenters. The van der Waals surface area contributed by atoms with Gasteiger partial charge in [-0.05, 0) is 36.1 Å². The highest BCUT2D eigenvalue weighted by Gasteiger charge is 2.82. The van der Waals surface area contributed by atoms with Gasteiger partial charge in [0.1, 0.15) is 0 Å². The quantitative estimate of drug-likeness (QED) is 0.0774. The van der Waals surface area contributed by atoms with E-state index in [1.54, 1.807) is 121 Å². The Balaban J connectivity index is 1.95. The summed E-state index contributed by atoms with van der Waals surface area (Å²) >= 11 is 0. The van der Waals surface area contributed by atoms with Crippen LogP contribution in [0.15, 0.2) is 121 Å². The maximum atomic E-state index is 15.3. The van der Waals surface area contributed by atoms with E-state index >= 15 is 9.13 Å². The molecule has 0 aliphatic carbocycles. The van der Waals surface area contributed by atoms with Gasteiger partial charge in [0.05, 0.1) is 39.6 Å². The number of carbonyl (C=O) groups excluding carboxylic acids is 2. The number of aliphatic hydroxyl groups is 2. The maximum Gasteiger partial charge on any atom is 0.378 e. The molecule has 0 spiro atoms. The van der Waals surface area contributed by atoms with Crippen molar-refractivity contribution in [3.8, 4) is 0 Å². The molecule has 2 N–H and O–H groups in total. The van der Waals surface area contributed by atoms with Crippen molar-refractivity contribution in [1.29, 1.82) is 0 Å². The van der Waals surface area contributed by atoms with Gasteiger partial charge in [0.25, 0.3) is 0 Å². The lowest BCUT2D eigenvalue weighted by Crippen LogP contribution is -2.64. The molecule has 0 aromatic heterocycles. The lowest BCUT2D eigenvalue weighted by molar-refractivity contribution is -0.190. The molecule has 0 saturated carbocycles. The van der Waals surface area contributed by atoms with Crippen molar-refractivity contribution in [3.05, 3.63) is 144 Å². The maximum absolute atomic E-state index is 15.3. The van der Waals surface area contributed by atoms with Crippen LogP contribution in [0.25, 0.3) is 0 Å². The SMILES string of the molecule is CCOC(=O)[C@](O)([C@@](O)(C(=O)OCC)P(=O)(OCc1ccccc1)OCc1ccccc1)P(=O)(OCc1ccccc1)OCc1ccccc1. The van der Waals surface area contributed by atoms with Crippen LogP contribution in [0.3, 0.4) is 0 Å². The lowest BCUT2D eigenvalue weighted by Gasteiger charge is -2.43. The van der Waals surface area contributed by atoms with Gasteiger partial charge in [-0.15, -0.1) is 0 Å². The Hall–Kier alpha value is -3.96. The van der Waals surface area contributed by atoms with E-state index in [-0.39, 0.29) is 0 Å². The van der Waals surface area contributed by atoms with Crippen molar-refractivity contribution in [3.63, 3.8) is 0 Å². The summed E-state index contributed by atoms with van der Waals surface area (Å²) < 4.78 is 63.8. The van der Waals surface area contributed by atoms with Crippen LogP contribution in [0, 0.1) is 0 Å². The van der Waals surface area contributed by atoms with Crippen molar-refractivity contribution in [1.82, 2.24) is 0 Å². The van der Waals surface area contributed by atoms with E-state index in [2.05, 4.69) is 0 Å². The van der Waals surface area contributed by atoms with Crippen molar-refractivity contribution in [2.24, 2.45) is 0 Å². The summed E-state index contributed by atoms with van der Waals surface area (Å²) in [6, 6.07) is 32.9. The Kier molecular flexibility index (Phi) is 13.8. The van der Waals surface area contributed by atoms with Crippen LogP contribution in [-0.4, -0.2) is 46.0 Å². The lowest BCUT2D eigenvalue weighted by atomic mass is 10.2. The second-order valence-corrected chi connectivity index (χ2v) is 15.1. The number of esters is 2. The Morgan fingerprint density at radius 3 is 0.900 bits per heavy atom. The Labute approximate surface area is 291 Å². The summed E-state index contributed by atoms with van der Waals surface area (Å²) in [6.45, 7) is -0.420. The molecule has 12 nitrogen and oxygen atoms in total. The van der Waals surface area contributed by atoms with Gasteiger partial charge < -0.3 is 37.8 Å². The summed E-state index contributed by atoms with van der Waals surface area (Å²) in [6.07, 6.45) is 0. The Bertz CT molecular complexity index is 1530. The highest BCUT2D eigenvalue weighted by atomic mass is 31.2. The highest BCUT2D eigenvalue weighted by molar-refractivity contribution is 7.62. The second kappa shape index (κ2) is 17.8. The number of rotatable bonds is 19. The summed E-state index contributed by atoms with van der Waals surface area (Å²) in [5.41, 5.74) is 1.63. The fourth-order valence-corrected chi connectivity index (χ4v) is 9.17. The first kappa shape index (κ1) is 38.8. The fourth-order valence-electron chi connectivity index (χ4n) is 4.74. The first-order valence-corrected chi connectivity index (χ1v) is 18.8. The molecule has 266 valence electrons. The summed E-state index contributed by atoms with van der Waals surface area (Å²) in [4.78, 5) is 28.2. The first-order valence-electron chi connectivity index (χ1n) is 15.8. The molecule has 0 aliphatic heterocycles. The van der Waals surface area contributed by atoms with Crippen LogP contribution >= 0.6 is 15.2 Å². The van der Waals surface area contributed by atoms with Crippen LogP contribution in [0.2, 0.25) is 0 Å². The van der Waals surface area contributed by atoms with Gasteiger partial charge in [0, 0.05) is 0 Å². The zero-order valence-electron chi connectivity index (χ0n) is 27.7. The standard InChI is InChI=1S/C36H40O12P2/c1-3-43-33(37)35(39,49(41,45-25-29-17-9-5-10-18-29)46-26-30-19-11-6-12-20-30)36(40,34(38)44-4-2)50(42,47-27-31-21-13-7-14-22-31)48-28-32-23-15-8-16-24-32/h5-24,39-40H,3-4,25-28H2,1-2H3/t35-,36-/m1/s1. The molecule has 0 amide bonds. The highest BCUT2D eigenvalue weighted by Crippen LogP contribution is 2.74. The third-order valence-electron chi connectivity index (χ3n) is 7.37. The molecule has 0 radical (unpaired) electrons. The average molecular weight is 727 g/mol. The molecule has 0 aliphatic rings. The van der Waals surface area contributed by atoms with Crippen molar-refractivity contribution >= 4 is 27.1 Å². The van der Waals surface area contributed by atoms with Crippen molar-refractivity contribution in [2.45, 2.75) is 51.0 Å². The predicted octanol–water partition coefficient (Wildman–Crippen LogP) is 6.74. The van der Waals surface area contributed by atoms with Gasteiger partial charge in [0.2, 0.25) is 0 Å². The van der Waals surface area contributed by atoms with Gasteiger partial charge in [-0.3, -0.25) is 9.13 Å². The minimum Gasteiger partial charge on any atom is -0.463 e. The van der Waals surface area contributed by atoms with E-state index in [1.807, 2.05) is 0 Å². The Morgan fingerprint density at radius 2 is 0.700 bits per heavy atom. The molecule has 0 fully saturated rings. The fraction of sp³-hybridized carbons (Fsp3) is 0.278. The largest absolute Gasteiger partial charge is 0.463 e. The monoisotopic (exact) mass is 726 g/mol. The molecular formula is C36H40O12P2. The number of hydrogen-bond acceptors (Lipinski definition) is 12. The summed E-state index contributed by atoms with van der Waals surface area (Å²) in [7, 11) is -11.3. The zero-order chi connectivity index (χ0) is 36.1. The first-order chi connectivity index (χ1) is 24.0. The number of benzene rings is 4. The molecule has 50 heavy (non-hydrogen) atoms. The molecule has 4 aromatic rings. The summed E-state index contributed by atoms with van der Waals surface area (Å²) in [5.74, 6) is -3.74. The summed E-state index contributed by atoms with van der Waals surface area (Å²) in [5, 5.41) is 17.1. The van der Waals surface area contributed by atoms with Gasteiger partial charge in [0.15, 0.2) is 0 Å². The van der Waals surface area contributed by atoms with Crippen LogP contribution < -0.4 is 0 Å². The topological polar surface area (TPSA) is 164 Å².